The Hall–Kier alpha value is -1.56. The zero-order valence-corrected chi connectivity index (χ0v) is 12.9. The minimum atomic E-state index is -0.0596. The standard InChI is InChI=1S/C14H20N4OS/c1-7(9-4-5-9)6-16-13(19)12-11(15)10-8(2)17-18(3)14(10)20-12/h7,9H,4-6,15H2,1-3H3,(H,16,19). The second-order valence-corrected chi connectivity index (χ2v) is 6.76. The second-order valence-electron chi connectivity index (χ2n) is 5.76. The van der Waals surface area contributed by atoms with E-state index in [2.05, 4.69) is 17.3 Å². The molecule has 1 atom stereocenters. The molecule has 0 aliphatic heterocycles. The van der Waals surface area contributed by atoms with E-state index in [1.165, 1.54) is 24.2 Å². The molecule has 5 nitrogen and oxygen atoms in total. The Morgan fingerprint density at radius 2 is 2.30 bits per heavy atom. The van der Waals surface area contributed by atoms with Crippen molar-refractivity contribution >= 4 is 33.1 Å². The third-order valence-electron chi connectivity index (χ3n) is 4.10. The molecule has 3 N–H and O–H groups in total. The summed E-state index contributed by atoms with van der Waals surface area (Å²) in [5.74, 6) is 1.29. The van der Waals surface area contributed by atoms with Crippen molar-refractivity contribution in [1.29, 1.82) is 0 Å². The average molecular weight is 292 g/mol. The van der Waals surface area contributed by atoms with Crippen LogP contribution in [0.25, 0.3) is 10.2 Å². The molecule has 0 spiro atoms. The average Bonchev–Trinajstić information content (AvgIpc) is 3.13. The summed E-state index contributed by atoms with van der Waals surface area (Å²) in [5, 5.41) is 8.26. The van der Waals surface area contributed by atoms with Crippen molar-refractivity contribution in [1.82, 2.24) is 15.1 Å². The van der Waals surface area contributed by atoms with E-state index in [0.29, 0.717) is 16.5 Å². The molecule has 1 aliphatic carbocycles. The third-order valence-corrected chi connectivity index (χ3v) is 5.37. The number of nitrogen functional groups attached to an aromatic ring is 1. The van der Waals surface area contributed by atoms with Crippen LogP contribution >= 0.6 is 11.3 Å². The molecule has 1 aliphatic rings. The van der Waals surface area contributed by atoms with Crippen LogP contribution in [0.4, 0.5) is 5.69 Å². The van der Waals surface area contributed by atoms with Crippen LogP contribution in [0, 0.1) is 18.8 Å². The van der Waals surface area contributed by atoms with E-state index in [-0.39, 0.29) is 5.91 Å². The van der Waals surface area contributed by atoms with E-state index in [4.69, 9.17) is 5.73 Å². The first-order valence-electron chi connectivity index (χ1n) is 6.98. The SMILES string of the molecule is Cc1nn(C)c2sc(C(=O)NCC(C)C3CC3)c(N)c12. The molecule has 20 heavy (non-hydrogen) atoms. The molecule has 1 unspecified atom stereocenters. The zero-order chi connectivity index (χ0) is 14.4. The lowest BCUT2D eigenvalue weighted by Gasteiger charge is -2.10. The number of nitrogens with zero attached hydrogens (tertiary/aromatic N) is 2. The molecule has 6 heteroatoms. The van der Waals surface area contributed by atoms with Crippen molar-refractivity contribution in [3.05, 3.63) is 10.6 Å². The molecular weight excluding hydrogens is 272 g/mol. The van der Waals surface area contributed by atoms with Gasteiger partial charge in [0.1, 0.15) is 9.71 Å². The van der Waals surface area contributed by atoms with Crippen molar-refractivity contribution in [2.45, 2.75) is 26.7 Å². The molecule has 0 bridgehead atoms. The van der Waals surface area contributed by atoms with Crippen LogP contribution in [-0.4, -0.2) is 22.2 Å². The Labute approximate surface area is 122 Å². The molecular formula is C14H20N4OS. The topological polar surface area (TPSA) is 72.9 Å². The van der Waals surface area contributed by atoms with Gasteiger partial charge in [0.05, 0.1) is 16.8 Å². The highest BCUT2D eigenvalue weighted by Crippen LogP contribution is 2.37. The predicted octanol–water partition coefficient (Wildman–Crippen LogP) is 2.30. The fraction of sp³-hybridized carbons (Fsp3) is 0.571. The summed E-state index contributed by atoms with van der Waals surface area (Å²) in [6.07, 6.45) is 2.60. The van der Waals surface area contributed by atoms with Gasteiger partial charge in [0.15, 0.2) is 0 Å². The van der Waals surface area contributed by atoms with Gasteiger partial charge >= 0.3 is 0 Å². The minimum Gasteiger partial charge on any atom is -0.397 e. The molecule has 1 fully saturated rings. The van der Waals surface area contributed by atoms with Crippen molar-refractivity contribution in [2.75, 3.05) is 12.3 Å². The maximum absolute atomic E-state index is 12.3. The number of nitrogens with two attached hydrogens (primary N) is 1. The first-order valence-corrected chi connectivity index (χ1v) is 7.80. The molecule has 1 amide bonds. The van der Waals surface area contributed by atoms with Crippen molar-refractivity contribution in [2.24, 2.45) is 18.9 Å². The highest BCUT2D eigenvalue weighted by molar-refractivity contribution is 7.21. The van der Waals surface area contributed by atoms with Crippen LogP contribution in [0.1, 0.15) is 35.1 Å². The van der Waals surface area contributed by atoms with Gasteiger partial charge in [-0.3, -0.25) is 9.48 Å². The number of amides is 1. The predicted molar refractivity (Wildman–Crippen MR) is 82.0 cm³/mol. The van der Waals surface area contributed by atoms with Crippen LogP contribution < -0.4 is 11.1 Å². The first kappa shape index (κ1) is 13.4. The van der Waals surface area contributed by atoms with Gasteiger partial charge in [0, 0.05) is 13.6 Å². The van der Waals surface area contributed by atoms with Crippen LogP contribution in [-0.2, 0) is 7.05 Å². The molecule has 0 aromatic carbocycles. The number of rotatable bonds is 4. The number of hydrogen-bond donors (Lipinski definition) is 2. The molecule has 1 saturated carbocycles. The zero-order valence-electron chi connectivity index (χ0n) is 12.1. The normalized spacial score (nSPS) is 16.6. The maximum atomic E-state index is 12.3. The smallest absolute Gasteiger partial charge is 0.263 e. The lowest BCUT2D eigenvalue weighted by Crippen LogP contribution is -2.28. The summed E-state index contributed by atoms with van der Waals surface area (Å²) in [6.45, 7) is 4.84. The van der Waals surface area contributed by atoms with Crippen molar-refractivity contribution in [3.63, 3.8) is 0 Å². The quantitative estimate of drug-likeness (QED) is 0.908. The minimum absolute atomic E-state index is 0.0596. The summed E-state index contributed by atoms with van der Waals surface area (Å²) >= 11 is 1.42. The lowest BCUT2D eigenvalue weighted by molar-refractivity contribution is 0.0951. The maximum Gasteiger partial charge on any atom is 0.263 e. The van der Waals surface area contributed by atoms with E-state index in [0.717, 1.165) is 28.4 Å². The molecule has 3 rings (SSSR count). The molecule has 2 aromatic rings. The van der Waals surface area contributed by atoms with E-state index in [9.17, 15) is 4.79 Å². The Kier molecular flexibility index (Phi) is 3.20. The number of fused-ring (bicyclic) bond motifs is 1. The van der Waals surface area contributed by atoms with Gasteiger partial charge in [-0.2, -0.15) is 5.10 Å². The summed E-state index contributed by atoms with van der Waals surface area (Å²) in [4.78, 5) is 13.9. The Morgan fingerprint density at radius 1 is 1.60 bits per heavy atom. The molecule has 0 saturated heterocycles. The number of hydrogen-bond acceptors (Lipinski definition) is 4. The number of carbonyl (C=O) groups is 1. The van der Waals surface area contributed by atoms with Crippen LogP contribution in [0.15, 0.2) is 0 Å². The molecule has 0 radical (unpaired) electrons. The second kappa shape index (κ2) is 4.77. The highest BCUT2D eigenvalue weighted by atomic mass is 32.1. The van der Waals surface area contributed by atoms with E-state index < -0.39 is 0 Å². The summed E-state index contributed by atoms with van der Waals surface area (Å²) in [7, 11) is 1.88. The van der Waals surface area contributed by atoms with Gasteiger partial charge in [-0.25, -0.2) is 0 Å². The summed E-state index contributed by atoms with van der Waals surface area (Å²) in [5.41, 5.74) is 7.57. The number of aromatic nitrogens is 2. The summed E-state index contributed by atoms with van der Waals surface area (Å²) < 4.78 is 1.79. The Morgan fingerprint density at radius 3 is 2.90 bits per heavy atom. The van der Waals surface area contributed by atoms with Gasteiger partial charge in [-0.05, 0) is 31.6 Å². The summed E-state index contributed by atoms with van der Waals surface area (Å²) in [6, 6.07) is 0. The molecule has 108 valence electrons. The fourth-order valence-electron chi connectivity index (χ4n) is 2.66. The van der Waals surface area contributed by atoms with Gasteiger partial charge in [0.25, 0.3) is 5.91 Å². The van der Waals surface area contributed by atoms with Gasteiger partial charge in [-0.15, -0.1) is 11.3 Å². The third kappa shape index (κ3) is 2.18. The number of thiophene rings is 1. The van der Waals surface area contributed by atoms with Crippen LogP contribution in [0.2, 0.25) is 0 Å². The van der Waals surface area contributed by atoms with Gasteiger partial charge in [0.2, 0.25) is 0 Å². The lowest BCUT2D eigenvalue weighted by atomic mass is 10.1. The molecule has 2 aromatic heterocycles. The number of aryl methyl sites for hydroxylation is 2. The Balaban J connectivity index is 1.80. The van der Waals surface area contributed by atoms with Crippen molar-refractivity contribution in [3.8, 4) is 0 Å². The van der Waals surface area contributed by atoms with E-state index >= 15 is 0 Å². The number of carbonyl (C=O) groups excluding carboxylic acids is 1. The Bertz CT molecular complexity index is 668. The van der Waals surface area contributed by atoms with Gasteiger partial charge < -0.3 is 11.1 Å². The van der Waals surface area contributed by atoms with E-state index in [1.807, 2.05) is 14.0 Å². The number of anilines is 1. The van der Waals surface area contributed by atoms with E-state index in [1.54, 1.807) is 4.68 Å². The van der Waals surface area contributed by atoms with Crippen LogP contribution in [0.5, 0.6) is 0 Å². The highest BCUT2D eigenvalue weighted by Gasteiger charge is 2.28. The monoisotopic (exact) mass is 292 g/mol. The van der Waals surface area contributed by atoms with Gasteiger partial charge in [-0.1, -0.05) is 6.92 Å². The number of nitrogens with one attached hydrogen (secondary N) is 1. The fourth-order valence-corrected chi connectivity index (χ4v) is 3.77. The van der Waals surface area contributed by atoms with Crippen LogP contribution in [0.3, 0.4) is 0 Å². The molecule has 2 heterocycles. The largest absolute Gasteiger partial charge is 0.397 e. The van der Waals surface area contributed by atoms with Crippen molar-refractivity contribution < 1.29 is 4.79 Å². The first-order chi connectivity index (χ1) is 9.49.